The summed E-state index contributed by atoms with van der Waals surface area (Å²) in [5, 5.41) is 15.3. The number of fused-ring (bicyclic) bond motifs is 1. The quantitative estimate of drug-likeness (QED) is 0.397. The van der Waals surface area contributed by atoms with Gasteiger partial charge in [-0.15, -0.1) is 0 Å². The topological polar surface area (TPSA) is 116 Å². The van der Waals surface area contributed by atoms with Gasteiger partial charge in [0, 0.05) is 11.1 Å². The number of halogens is 1. The van der Waals surface area contributed by atoms with Crippen LogP contribution >= 0.6 is 11.6 Å². The first-order valence-electron chi connectivity index (χ1n) is 8.50. The third-order valence-corrected chi connectivity index (χ3v) is 4.64. The number of nitrogens with one attached hydrogen (secondary N) is 1. The van der Waals surface area contributed by atoms with E-state index in [1.807, 2.05) is 6.07 Å². The van der Waals surface area contributed by atoms with Crippen LogP contribution in [0, 0.1) is 10.1 Å². The molecular formula is C19H14ClN5O4. The van der Waals surface area contributed by atoms with E-state index in [0.717, 1.165) is 0 Å². The van der Waals surface area contributed by atoms with E-state index < -0.39 is 10.7 Å². The Morgan fingerprint density at radius 3 is 2.79 bits per heavy atom. The van der Waals surface area contributed by atoms with Gasteiger partial charge in [0.05, 0.1) is 35.9 Å². The summed E-state index contributed by atoms with van der Waals surface area (Å²) in [5.74, 6) is 0.551. The summed E-state index contributed by atoms with van der Waals surface area (Å²) in [6, 6.07) is 12.4. The first kappa shape index (κ1) is 18.6. The molecule has 0 fully saturated rings. The van der Waals surface area contributed by atoms with Crippen molar-refractivity contribution in [1.82, 2.24) is 19.7 Å². The molecule has 0 amide bonds. The Hall–Kier alpha value is -3.72. The van der Waals surface area contributed by atoms with E-state index in [4.69, 9.17) is 16.3 Å². The highest BCUT2D eigenvalue weighted by molar-refractivity contribution is 6.32. The molecule has 0 aliphatic heterocycles. The van der Waals surface area contributed by atoms with Crippen LogP contribution in [0.4, 0.5) is 5.82 Å². The van der Waals surface area contributed by atoms with E-state index in [0.29, 0.717) is 33.6 Å². The number of aromatic amines is 1. The minimum atomic E-state index is -0.643. The van der Waals surface area contributed by atoms with Crippen LogP contribution in [0.3, 0.4) is 0 Å². The Balaban J connectivity index is 1.77. The van der Waals surface area contributed by atoms with Crippen molar-refractivity contribution in [3.05, 3.63) is 79.7 Å². The summed E-state index contributed by atoms with van der Waals surface area (Å²) in [6.45, 7) is 0.183. The molecule has 0 atom stereocenters. The Kier molecular flexibility index (Phi) is 4.73. The Bertz CT molecular complexity index is 1300. The number of ether oxygens (including phenoxy) is 1. The molecule has 9 nitrogen and oxygen atoms in total. The van der Waals surface area contributed by atoms with E-state index >= 15 is 0 Å². The predicted molar refractivity (Wildman–Crippen MR) is 107 cm³/mol. The van der Waals surface area contributed by atoms with Gasteiger partial charge < -0.3 is 19.8 Å². The van der Waals surface area contributed by atoms with Gasteiger partial charge in [0.25, 0.3) is 5.56 Å². The molecule has 0 spiro atoms. The first-order valence-corrected chi connectivity index (χ1v) is 8.88. The fourth-order valence-electron chi connectivity index (χ4n) is 3.04. The molecule has 0 aliphatic carbocycles. The number of benzene rings is 2. The summed E-state index contributed by atoms with van der Waals surface area (Å²) in [6.07, 6.45) is 1.38. The maximum atomic E-state index is 12.4. The average Bonchev–Trinajstić information content (AvgIpc) is 3.08. The Morgan fingerprint density at radius 1 is 1.28 bits per heavy atom. The van der Waals surface area contributed by atoms with Crippen molar-refractivity contribution in [2.24, 2.45) is 0 Å². The van der Waals surface area contributed by atoms with Crippen LogP contribution in [0.25, 0.3) is 22.3 Å². The molecular weight excluding hydrogens is 398 g/mol. The highest BCUT2D eigenvalue weighted by atomic mass is 35.5. The second-order valence-electron chi connectivity index (χ2n) is 6.21. The SMILES string of the molecule is COc1ccc(-c2nc3ccccc3c(=O)[nH]2)cc1Cn1cc(Cl)c([N+](=O)[O-])n1. The van der Waals surface area contributed by atoms with Crippen LogP contribution in [0.5, 0.6) is 5.75 Å². The lowest BCUT2D eigenvalue weighted by Gasteiger charge is -2.10. The molecule has 10 heteroatoms. The van der Waals surface area contributed by atoms with Crippen molar-refractivity contribution in [2.45, 2.75) is 6.54 Å². The van der Waals surface area contributed by atoms with Crippen molar-refractivity contribution in [2.75, 3.05) is 7.11 Å². The van der Waals surface area contributed by atoms with Gasteiger partial charge in [-0.3, -0.25) is 4.79 Å². The largest absolute Gasteiger partial charge is 0.496 e. The fourth-order valence-corrected chi connectivity index (χ4v) is 3.26. The summed E-state index contributed by atoms with van der Waals surface area (Å²) in [4.78, 5) is 30.0. The van der Waals surface area contributed by atoms with Crippen LogP contribution in [-0.2, 0) is 6.54 Å². The van der Waals surface area contributed by atoms with Crippen LogP contribution in [0.15, 0.2) is 53.5 Å². The summed E-state index contributed by atoms with van der Waals surface area (Å²) >= 11 is 5.87. The third-order valence-electron chi connectivity index (χ3n) is 4.37. The molecule has 0 unspecified atom stereocenters. The van der Waals surface area contributed by atoms with Gasteiger partial charge in [0.1, 0.15) is 11.6 Å². The van der Waals surface area contributed by atoms with E-state index in [-0.39, 0.29) is 17.1 Å². The zero-order valence-electron chi connectivity index (χ0n) is 15.1. The lowest BCUT2D eigenvalue weighted by atomic mass is 10.1. The van der Waals surface area contributed by atoms with Gasteiger partial charge in [0.15, 0.2) is 5.02 Å². The zero-order chi connectivity index (χ0) is 20.5. The van der Waals surface area contributed by atoms with Crippen molar-refractivity contribution in [3.63, 3.8) is 0 Å². The van der Waals surface area contributed by atoms with Crippen molar-refractivity contribution in [3.8, 4) is 17.1 Å². The normalized spacial score (nSPS) is 11.0. The smallest absolute Gasteiger partial charge is 0.408 e. The van der Waals surface area contributed by atoms with Crippen LogP contribution in [0.1, 0.15) is 5.56 Å². The number of hydrogen-bond acceptors (Lipinski definition) is 6. The molecule has 4 rings (SSSR count). The monoisotopic (exact) mass is 411 g/mol. The first-order chi connectivity index (χ1) is 14.0. The van der Waals surface area contributed by atoms with E-state index in [1.54, 1.807) is 36.4 Å². The summed E-state index contributed by atoms with van der Waals surface area (Å²) < 4.78 is 6.75. The number of nitrogens with zero attached hydrogens (tertiary/aromatic N) is 4. The molecule has 1 N–H and O–H groups in total. The van der Waals surface area contributed by atoms with E-state index in [2.05, 4.69) is 15.1 Å². The second-order valence-corrected chi connectivity index (χ2v) is 6.62. The number of H-pyrrole nitrogens is 1. The van der Waals surface area contributed by atoms with Crippen LogP contribution < -0.4 is 10.3 Å². The molecule has 29 heavy (non-hydrogen) atoms. The van der Waals surface area contributed by atoms with E-state index in [9.17, 15) is 14.9 Å². The molecule has 0 bridgehead atoms. The third kappa shape index (κ3) is 3.55. The van der Waals surface area contributed by atoms with Gasteiger partial charge in [-0.2, -0.15) is 4.68 Å². The summed E-state index contributed by atoms with van der Waals surface area (Å²) in [7, 11) is 1.52. The molecule has 0 radical (unpaired) electrons. The number of methoxy groups -OCH3 is 1. The fraction of sp³-hybridized carbons (Fsp3) is 0.105. The zero-order valence-corrected chi connectivity index (χ0v) is 15.9. The standard InChI is InChI=1S/C19H14ClN5O4/c1-29-16-7-6-11(17-21-15-5-3-2-4-13(15)19(26)22-17)8-12(16)9-24-10-14(20)18(23-24)25(27)28/h2-8,10H,9H2,1H3,(H,21,22,26). The highest BCUT2D eigenvalue weighted by Gasteiger charge is 2.20. The lowest BCUT2D eigenvalue weighted by Crippen LogP contribution is -2.10. The molecule has 146 valence electrons. The van der Waals surface area contributed by atoms with Gasteiger partial charge >= 0.3 is 5.82 Å². The molecule has 0 saturated carbocycles. The Labute approximate surface area is 168 Å². The highest BCUT2D eigenvalue weighted by Crippen LogP contribution is 2.27. The molecule has 2 heterocycles. The molecule has 4 aromatic rings. The Morgan fingerprint density at radius 2 is 2.07 bits per heavy atom. The second kappa shape index (κ2) is 7.36. The predicted octanol–water partition coefficient (Wildman–Crippen LogP) is 3.41. The molecule has 2 aromatic heterocycles. The van der Waals surface area contributed by atoms with Crippen molar-refractivity contribution < 1.29 is 9.66 Å². The molecule has 2 aromatic carbocycles. The number of aromatic nitrogens is 4. The number of hydrogen-bond donors (Lipinski definition) is 1. The van der Waals surface area contributed by atoms with Gasteiger partial charge in [-0.1, -0.05) is 23.7 Å². The minimum Gasteiger partial charge on any atom is -0.496 e. The molecule has 0 saturated heterocycles. The minimum absolute atomic E-state index is 0.0503. The van der Waals surface area contributed by atoms with Gasteiger partial charge in [-0.05, 0) is 35.3 Å². The van der Waals surface area contributed by atoms with Crippen LogP contribution in [0.2, 0.25) is 5.02 Å². The molecule has 0 aliphatic rings. The maximum absolute atomic E-state index is 12.4. The average molecular weight is 412 g/mol. The van der Waals surface area contributed by atoms with Crippen molar-refractivity contribution >= 4 is 28.3 Å². The lowest BCUT2D eigenvalue weighted by molar-refractivity contribution is -0.389. The van der Waals surface area contributed by atoms with Crippen molar-refractivity contribution in [1.29, 1.82) is 0 Å². The van der Waals surface area contributed by atoms with E-state index in [1.165, 1.54) is 18.0 Å². The number of rotatable bonds is 5. The maximum Gasteiger partial charge on any atom is 0.408 e. The van der Waals surface area contributed by atoms with Crippen LogP contribution in [-0.4, -0.2) is 31.8 Å². The number of para-hydroxylation sites is 1. The van der Waals surface area contributed by atoms with Gasteiger partial charge in [0.2, 0.25) is 0 Å². The summed E-state index contributed by atoms with van der Waals surface area (Å²) in [5.41, 5.74) is 1.70. The van der Waals surface area contributed by atoms with Gasteiger partial charge in [-0.25, -0.2) is 4.98 Å². The number of nitro groups is 1.